The van der Waals surface area contributed by atoms with E-state index in [1.165, 1.54) is 12.8 Å². The van der Waals surface area contributed by atoms with Gasteiger partial charge in [-0.1, -0.05) is 12.2 Å². The molecular weight excluding hydrogens is 212 g/mol. The molecule has 0 heterocycles. The number of Topliss-reactive ketones (excluding diaryl/α,β-unsaturated/α-hetero) is 2. The SMILES string of the molecule is CC1=C(C)C(=O)C2C(C1=O)[C@H]1C=C[C@@H]2C12CC2. The van der Waals surface area contributed by atoms with Crippen LogP contribution in [0.15, 0.2) is 23.3 Å². The maximum atomic E-state index is 12.4. The average molecular weight is 228 g/mol. The maximum absolute atomic E-state index is 12.4. The van der Waals surface area contributed by atoms with Crippen molar-refractivity contribution in [1.82, 2.24) is 0 Å². The highest BCUT2D eigenvalue weighted by molar-refractivity contribution is 6.14. The van der Waals surface area contributed by atoms with Gasteiger partial charge in [0.15, 0.2) is 11.6 Å². The van der Waals surface area contributed by atoms with Crippen molar-refractivity contribution in [3.63, 3.8) is 0 Å². The Morgan fingerprint density at radius 1 is 0.941 bits per heavy atom. The molecule has 4 aliphatic carbocycles. The second-order valence-electron chi connectivity index (χ2n) is 6.20. The van der Waals surface area contributed by atoms with Crippen LogP contribution < -0.4 is 0 Å². The fraction of sp³-hybridized carbons (Fsp3) is 0.600. The van der Waals surface area contributed by atoms with Crippen molar-refractivity contribution in [2.75, 3.05) is 0 Å². The highest BCUT2D eigenvalue weighted by Gasteiger charge is 2.70. The smallest absolute Gasteiger partial charge is 0.163 e. The molecule has 2 saturated carbocycles. The molecule has 2 nitrogen and oxygen atoms in total. The topological polar surface area (TPSA) is 34.1 Å². The number of hydrogen-bond acceptors (Lipinski definition) is 2. The molecule has 0 aromatic rings. The van der Waals surface area contributed by atoms with Gasteiger partial charge in [-0.25, -0.2) is 0 Å². The van der Waals surface area contributed by atoms with Crippen LogP contribution in [0.3, 0.4) is 0 Å². The van der Waals surface area contributed by atoms with Gasteiger partial charge in [0, 0.05) is 11.8 Å². The molecule has 0 amide bonds. The summed E-state index contributed by atoms with van der Waals surface area (Å²) in [6.45, 7) is 3.64. The number of hydrogen-bond donors (Lipinski definition) is 0. The van der Waals surface area contributed by atoms with Gasteiger partial charge in [0.1, 0.15) is 0 Å². The third-order valence-electron chi connectivity index (χ3n) is 5.75. The second-order valence-corrected chi connectivity index (χ2v) is 6.20. The molecule has 0 N–H and O–H groups in total. The van der Waals surface area contributed by atoms with Gasteiger partial charge in [0.05, 0.1) is 0 Å². The van der Waals surface area contributed by atoms with E-state index in [4.69, 9.17) is 0 Å². The molecule has 0 aromatic heterocycles. The normalized spacial score (nSPS) is 44.8. The standard InChI is InChI=1S/C15H16O2/c1-7-8(2)14(17)12-10-4-3-9(11(12)13(7)16)15(10)5-6-15/h3-4,9-12H,5-6H2,1-2H3/t9-,10+,11?,12?. The number of allylic oxidation sites excluding steroid dienone is 4. The van der Waals surface area contributed by atoms with Crippen LogP contribution in [0.5, 0.6) is 0 Å². The summed E-state index contributed by atoms with van der Waals surface area (Å²) < 4.78 is 0. The molecule has 1 spiro atoms. The maximum Gasteiger partial charge on any atom is 0.163 e. The lowest BCUT2D eigenvalue weighted by molar-refractivity contribution is -0.130. The van der Waals surface area contributed by atoms with Crippen molar-refractivity contribution in [1.29, 1.82) is 0 Å². The molecule has 0 radical (unpaired) electrons. The first-order valence-corrected chi connectivity index (χ1v) is 6.52. The molecule has 17 heavy (non-hydrogen) atoms. The van der Waals surface area contributed by atoms with E-state index in [0.717, 1.165) is 0 Å². The van der Waals surface area contributed by atoms with Crippen LogP contribution in [0.1, 0.15) is 26.7 Å². The van der Waals surface area contributed by atoms with Crippen molar-refractivity contribution in [3.8, 4) is 0 Å². The van der Waals surface area contributed by atoms with E-state index in [0.29, 0.717) is 28.4 Å². The lowest BCUT2D eigenvalue weighted by atomic mass is 9.70. The molecule has 2 heteroatoms. The highest BCUT2D eigenvalue weighted by atomic mass is 16.1. The summed E-state index contributed by atoms with van der Waals surface area (Å²) in [7, 11) is 0. The Balaban J connectivity index is 1.89. The van der Waals surface area contributed by atoms with Crippen molar-refractivity contribution >= 4 is 11.6 Å². The van der Waals surface area contributed by atoms with Gasteiger partial charge in [-0.05, 0) is 55.1 Å². The monoisotopic (exact) mass is 228 g/mol. The molecule has 4 atom stereocenters. The summed E-state index contributed by atoms with van der Waals surface area (Å²) in [6.07, 6.45) is 6.86. The molecule has 2 fully saturated rings. The van der Waals surface area contributed by atoms with Crippen LogP contribution in [0.4, 0.5) is 0 Å². The van der Waals surface area contributed by atoms with Gasteiger partial charge >= 0.3 is 0 Å². The van der Waals surface area contributed by atoms with E-state index in [2.05, 4.69) is 12.2 Å². The Kier molecular flexibility index (Phi) is 1.52. The van der Waals surface area contributed by atoms with Crippen LogP contribution in [0, 0.1) is 29.1 Å². The van der Waals surface area contributed by atoms with E-state index in [1.807, 2.05) is 13.8 Å². The second kappa shape index (κ2) is 2.63. The summed E-state index contributed by atoms with van der Waals surface area (Å²) >= 11 is 0. The van der Waals surface area contributed by atoms with E-state index >= 15 is 0 Å². The van der Waals surface area contributed by atoms with Crippen LogP contribution >= 0.6 is 0 Å². The van der Waals surface area contributed by atoms with E-state index in [1.54, 1.807) is 0 Å². The highest BCUT2D eigenvalue weighted by Crippen LogP contribution is 2.73. The van der Waals surface area contributed by atoms with E-state index < -0.39 is 0 Å². The number of ketones is 2. The molecule has 0 saturated heterocycles. The zero-order valence-corrected chi connectivity index (χ0v) is 10.2. The van der Waals surface area contributed by atoms with Crippen LogP contribution in [0.25, 0.3) is 0 Å². The van der Waals surface area contributed by atoms with Gasteiger partial charge in [-0.3, -0.25) is 9.59 Å². The Labute approximate surface area is 101 Å². The first kappa shape index (κ1) is 9.81. The third-order valence-corrected chi connectivity index (χ3v) is 5.75. The first-order chi connectivity index (χ1) is 8.08. The fourth-order valence-electron chi connectivity index (χ4n) is 4.58. The van der Waals surface area contributed by atoms with Crippen molar-refractivity contribution < 1.29 is 9.59 Å². The number of carbonyl (C=O) groups excluding carboxylic acids is 2. The summed E-state index contributed by atoms with van der Waals surface area (Å²) in [5.74, 6) is 1.16. The molecule has 2 bridgehead atoms. The predicted octanol–water partition coefficient (Wildman–Crippen LogP) is 2.30. The average Bonchev–Trinajstić information content (AvgIpc) is 2.99. The zero-order chi connectivity index (χ0) is 11.9. The van der Waals surface area contributed by atoms with Gasteiger partial charge < -0.3 is 0 Å². The summed E-state index contributed by atoms with van der Waals surface area (Å²) in [6, 6.07) is 0. The largest absolute Gasteiger partial charge is 0.294 e. The summed E-state index contributed by atoms with van der Waals surface area (Å²) in [4.78, 5) is 24.8. The molecule has 0 aromatic carbocycles. The minimum Gasteiger partial charge on any atom is -0.294 e. The van der Waals surface area contributed by atoms with Crippen molar-refractivity contribution in [2.45, 2.75) is 26.7 Å². The van der Waals surface area contributed by atoms with Crippen LogP contribution in [-0.2, 0) is 9.59 Å². The number of rotatable bonds is 0. The predicted molar refractivity (Wildman–Crippen MR) is 63.2 cm³/mol. The fourth-order valence-corrected chi connectivity index (χ4v) is 4.58. The van der Waals surface area contributed by atoms with Crippen LogP contribution in [-0.4, -0.2) is 11.6 Å². The van der Waals surface area contributed by atoms with Gasteiger partial charge in [0.25, 0.3) is 0 Å². The van der Waals surface area contributed by atoms with Gasteiger partial charge in [-0.15, -0.1) is 0 Å². The van der Waals surface area contributed by atoms with Gasteiger partial charge in [-0.2, -0.15) is 0 Å². The number of fused-ring (bicyclic) bond motifs is 3. The number of carbonyl (C=O) groups is 2. The molecule has 4 aliphatic rings. The summed E-state index contributed by atoms with van der Waals surface area (Å²) in [5, 5.41) is 0. The zero-order valence-electron chi connectivity index (χ0n) is 10.2. The lowest BCUT2D eigenvalue weighted by Crippen LogP contribution is -2.38. The Hall–Kier alpha value is -1.18. The van der Waals surface area contributed by atoms with Gasteiger partial charge in [0.2, 0.25) is 0 Å². The Morgan fingerprint density at radius 2 is 1.35 bits per heavy atom. The van der Waals surface area contributed by atoms with E-state index in [9.17, 15) is 9.59 Å². The summed E-state index contributed by atoms with van der Waals surface area (Å²) in [5.41, 5.74) is 1.74. The minimum absolute atomic E-state index is 0.0244. The molecule has 88 valence electrons. The van der Waals surface area contributed by atoms with Crippen LogP contribution in [0.2, 0.25) is 0 Å². The molecule has 0 aliphatic heterocycles. The molecule has 2 unspecified atom stereocenters. The third kappa shape index (κ3) is 0.873. The quantitative estimate of drug-likeness (QED) is 0.596. The van der Waals surface area contributed by atoms with Crippen molar-refractivity contribution in [2.24, 2.45) is 29.1 Å². The molecular formula is C15H16O2. The molecule has 4 rings (SSSR count). The first-order valence-electron chi connectivity index (χ1n) is 6.52. The van der Waals surface area contributed by atoms with Crippen molar-refractivity contribution in [3.05, 3.63) is 23.3 Å². The lowest BCUT2D eigenvalue weighted by Gasteiger charge is -2.31. The minimum atomic E-state index is -0.0244. The Bertz CT molecular complexity index is 477. The van der Waals surface area contributed by atoms with E-state index in [-0.39, 0.29) is 23.4 Å². The Morgan fingerprint density at radius 3 is 1.71 bits per heavy atom.